The SMILES string of the molecule is COc1ccc(S(=O)(=O)N2CC[C@H](N)C2)cc1. The molecule has 2 N–H and O–H groups in total. The Morgan fingerprint density at radius 2 is 2.00 bits per heavy atom. The molecular formula is C11H16N2O3S. The van der Waals surface area contributed by atoms with E-state index in [0.717, 1.165) is 6.42 Å². The molecule has 1 aromatic rings. The average Bonchev–Trinajstić information content (AvgIpc) is 2.77. The lowest BCUT2D eigenvalue weighted by atomic mass is 10.3. The molecule has 0 saturated carbocycles. The summed E-state index contributed by atoms with van der Waals surface area (Å²) < 4.78 is 30.8. The highest BCUT2D eigenvalue weighted by Gasteiger charge is 2.30. The van der Waals surface area contributed by atoms with E-state index in [9.17, 15) is 8.42 Å². The molecule has 1 aromatic carbocycles. The highest BCUT2D eigenvalue weighted by atomic mass is 32.2. The number of nitrogens with zero attached hydrogens (tertiary/aromatic N) is 1. The highest BCUT2D eigenvalue weighted by molar-refractivity contribution is 7.89. The average molecular weight is 256 g/mol. The van der Waals surface area contributed by atoms with Crippen molar-refractivity contribution in [3.05, 3.63) is 24.3 Å². The van der Waals surface area contributed by atoms with Gasteiger partial charge in [-0.25, -0.2) is 8.42 Å². The maximum Gasteiger partial charge on any atom is 0.243 e. The third kappa shape index (κ3) is 2.43. The quantitative estimate of drug-likeness (QED) is 0.850. The van der Waals surface area contributed by atoms with Gasteiger partial charge >= 0.3 is 0 Å². The molecule has 1 saturated heterocycles. The van der Waals surface area contributed by atoms with E-state index in [0.29, 0.717) is 18.8 Å². The second-order valence-electron chi connectivity index (χ2n) is 4.09. The normalized spacial score (nSPS) is 21.6. The van der Waals surface area contributed by atoms with Crippen LogP contribution >= 0.6 is 0 Å². The lowest BCUT2D eigenvalue weighted by molar-refractivity contribution is 0.414. The van der Waals surface area contributed by atoms with Gasteiger partial charge in [-0.15, -0.1) is 0 Å². The minimum Gasteiger partial charge on any atom is -0.497 e. The van der Waals surface area contributed by atoms with E-state index in [4.69, 9.17) is 10.5 Å². The van der Waals surface area contributed by atoms with Gasteiger partial charge in [0.1, 0.15) is 5.75 Å². The van der Waals surface area contributed by atoms with E-state index in [2.05, 4.69) is 0 Å². The molecule has 0 bridgehead atoms. The third-order valence-electron chi connectivity index (χ3n) is 2.88. The summed E-state index contributed by atoms with van der Waals surface area (Å²) in [6.07, 6.45) is 0.718. The molecule has 0 aliphatic carbocycles. The lowest BCUT2D eigenvalue weighted by Gasteiger charge is -2.16. The highest BCUT2D eigenvalue weighted by Crippen LogP contribution is 2.22. The molecule has 17 heavy (non-hydrogen) atoms. The molecule has 2 rings (SSSR count). The van der Waals surface area contributed by atoms with Gasteiger partial charge in [-0.05, 0) is 30.7 Å². The van der Waals surface area contributed by atoms with Gasteiger partial charge in [0, 0.05) is 19.1 Å². The Bertz CT molecular complexity index is 484. The van der Waals surface area contributed by atoms with Crippen molar-refractivity contribution in [3.63, 3.8) is 0 Å². The van der Waals surface area contributed by atoms with Crippen LogP contribution < -0.4 is 10.5 Å². The number of sulfonamides is 1. The zero-order chi connectivity index (χ0) is 12.5. The molecule has 94 valence electrons. The summed E-state index contributed by atoms with van der Waals surface area (Å²) >= 11 is 0. The third-order valence-corrected chi connectivity index (χ3v) is 4.76. The Kier molecular flexibility index (Phi) is 3.37. The Labute approximate surface area is 101 Å². The van der Waals surface area contributed by atoms with Crippen LogP contribution in [0.25, 0.3) is 0 Å². The molecule has 1 aliphatic rings. The van der Waals surface area contributed by atoms with Gasteiger partial charge in [-0.1, -0.05) is 0 Å². The molecule has 0 spiro atoms. The first-order valence-corrected chi connectivity index (χ1v) is 6.88. The predicted octanol–water partition coefficient (Wildman–Crippen LogP) is 0.417. The van der Waals surface area contributed by atoms with Crippen molar-refractivity contribution in [2.75, 3.05) is 20.2 Å². The van der Waals surface area contributed by atoms with Gasteiger partial charge in [0.15, 0.2) is 0 Å². The van der Waals surface area contributed by atoms with Crippen molar-refractivity contribution in [2.24, 2.45) is 5.73 Å². The minimum absolute atomic E-state index is 0.0528. The number of benzene rings is 1. The zero-order valence-corrected chi connectivity index (χ0v) is 10.5. The largest absolute Gasteiger partial charge is 0.497 e. The molecule has 0 unspecified atom stereocenters. The van der Waals surface area contributed by atoms with E-state index in [1.165, 1.54) is 4.31 Å². The Hall–Kier alpha value is -1.11. The standard InChI is InChI=1S/C11H16N2O3S/c1-16-10-2-4-11(5-3-10)17(14,15)13-7-6-9(12)8-13/h2-5,9H,6-8,12H2,1H3/t9-/m0/s1. The van der Waals surface area contributed by atoms with Crippen LogP contribution in [0.2, 0.25) is 0 Å². The first-order valence-electron chi connectivity index (χ1n) is 5.44. The molecular weight excluding hydrogens is 240 g/mol. The fourth-order valence-electron chi connectivity index (χ4n) is 1.87. The molecule has 0 amide bonds. The Morgan fingerprint density at radius 1 is 1.35 bits per heavy atom. The fraction of sp³-hybridized carbons (Fsp3) is 0.455. The fourth-order valence-corrected chi connectivity index (χ4v) is 3.38. The molecule has 0 aromatic heterocycles. The molecule has 5 nitrogen and oxygen atoms in total. The zero-order valence-electron chi connectivity index (χ0n) is 9.67. The van der Waals surface area contributed by atoms with Crippen molar-refractivity contribution in [1.29, 1.82) is 0 Å². The van der Waals surface area contributed by atoms with E-state index in [-0.39, 0.29) is 10.9 Å². The van der Waals surface area contributed by atoms with Crippen LogP contribution in [0.15, 0.2) is 29.2 Å². The van der Waals surface area contributed by atoms with Gasteiger partial charge in [-0.3, -0.25) is 0 Å². The summed E-state index contributed by atoms with van der Waals surface area (Å²) in [4.78, 5) is 0.285. The van der Waals surface area contributed by atoms with Crippen LogP contribution in [0.4, 0.5) is 0 Å². The smallest absolute Gasteiger partial charge is 0.243 e. The van der Waals surface area contributed by atoms with E-state index >= 15 is 0 Å². The first-order chi connectivity index (χ1) is 8.04. The monoisotopic (exact) mass is 256 g/mol. The molecule has 1 atom stereocenters. The van der Waals surface area contributed by atoms with Crippen LogP contribution in [0.1, 0.15) is 6.42 Å². The number of hydrogen-bond donors (Lipinski definition) is 1. The summed E-state index contributed by atoms with van der Waals surface area (Å²) in [5, 5.41) is 0. The molecule has 1 heterocycles. The molecule has 1 aliphatic heterocycles. The second kappa shape index (κ2) is 4.64. The predicted molar refractivity (Wildman–Crippen MR) is 64.3 cm³/mol. The van der Waals surface area contributed by atoms with Crippen LogP contribution in [-0.2, 0) is 10.0 Å². The first kappa shape index (κ1) is 12.3. The van der Waals surface area contributed by atoms with Crippen molar-refractivity contribution in [2.45, 2.75) is 17.4 Å². The minimum atomic E-state index is -3.40. The lowest BCUT2D eigenvalue weighted by Crippen LogP contribution is -2.31. The summed E-state index contributed by atoms with van der Waals surface area (Å²) in [7, 11) is -1.85. The summed E-state index contributed by atoms with van der Waals surface area (Å²) in [5.74, 6) is 0.641. The maximum atomic E-state index is 12.2. The number of ether oxygens (including phenoxy) is 1. The second-order valence-corrected chi connectivity index (χ2v) is 6.03. The van der Waals surface area contributed by atoms with E-state index in [1.807, 2.05) is 0 Å². The van der Waals surface area contributed by atoms with Crippen LogP contribution in [0.3, 0.4) is 0 Å². The number of hydrogen-bond acceptors (Lipinski definition) is 4. The molecule has 1 fully saturated rings. The van der Waals surface area contributed by atoms with E-state index in [1.54, 1.807) is 31.4 Å². The van der Waals surface area contributed by atoms with Gasteiger partial charge in [-0.2, -0.15) is 4.31 Å². The Morgan fingerprint density at radius 3 is 2.47 bits per heavy atom. The summed E-state index contributed by atoms with van der Waals surface area (Å²) in [6, 6.07) is 6.34. The van der Waals surface area contributed by atoms with Crippen molar-refractivity contribution in [1.82, 2.24) is 4.31 Å². The van der Waals surface area contributed by atoms with Crippen molar-refractivity contribution < 1.29 is 13.2 Å². The number of methoxy groups -OCH3 is 1. The summed E-state index contributed by atoms with van der Waals surface area (Å²) in [6.45, 7) is 0.893. The number of rotatable bonds is 3. The van der Waals surface area contributed by atoms with Crippen LogP contribution in [0.5, 0.6) is 5.75 Å². The van der Waals surface area contributed by atoms with Gasteiger partial charge in [0.05, 0.1) is 12.0 Å². The Balaban J connectivity index is 2.25. The van der Waals surface area contributed by atoms with Crippen molar-refractivity contribution >= 4 is 10.0 Å². The number of nitrogens with two attached hydrogens (primary N) is 1. The molecule has 0 radical (unpaired) electrons. The maximum absolute atomic E-state index is 12.2. The molecule has 6 heteroatoms. The topological polar surface area (TPSA) is 72.6 Å². The van der Waals surface area contributed by atoms with Crippen LogP contribution in [-0.4, -0.2) is 39.0 Å². The van der Waals surface area contributed by atoms with Gasteiger partial charge in [0.2, 0.25) is 10.0 Å². The van der Waals surface area contributed by atoms with Gasteiger partial charge < -0.3 is 10.5 Å². The van der Waals surface area contributed by atoms with Crippen molar-refractivity contribution in [3.8, 4) is 5.75 Å². The van der Waals surface area contributed by atoms with Gasteiger partial charge in [0.25, 0.3) is 0 Å². The van der Waals surface area contributed by atoms with Crippen LogP contribution in [0, 0.1) is 0 Å². The van der Waals surface area contributed by atoms with E-state index < -0.39 is 10.0 Å². The summed E-state index contributed by atoms with van der Waals surface area (Å²) in [5.41, 5.74) is 5.72.